The van der Waals surface area contributed by atoms with Crippen molar-refractivity contribution in [2.45, 2.75) is 19.4 Å². The number of ether oxygens (including phenoxy) is 1. The number of halogens is 4. The molecular weight excluding hydrogens is 354 g/mol. The lowest BCUT2D eigenvalue weighted by Gasteiger charge is -2.09. The van der Waals surface area contributed by atoms with Crippen molar-refractivity contribution >= 4 is 5.97 Å². The average molecular weight is 369 g/mol. The van der Waals surface area contributed by atoms with E-state index in [2.05, 4.69) is 23.2 Å². The SMILES string of the molecule is C=CCOC(=O)C(=C)Cn1cnc(-c2cc(CF)cc(C(F)(F)F)c2)n1. The predicted molar refractivity (Wildman–Crippen MR) is 85.6 cm³/mol. The van der Waals surface area contributed by atoms with Crippen LogP contribution in [0.25, 0.3) is 11.4 Å². The fourth-order valence-electron chi connectivity index (χ4n) is 2.06. The number of esters is 1. The normalized spacial score (nSPS) is 11.2. The minimum atomic E-state index is -4.62. The van der Waals surface area contributed by atoms with Crippen molar-refractivity contribution in [1.29, 1.82) is 0 Å². The van der Waals surface area contributed by atoms with E-state index in [0.717, 1.165) is 12.1 Å². The second kappa shape index (κ2) is 7.94. The minimum Gasteiger partial charge on any atom is -0.458 e. The first-order valence-corrected chi connectivity index (χ1v) is 7.37. The molecule has 0 unspecified atom stereocenters. The Labute approximate surface area is 146 Å². The van der Waals surface area contributed by atoms with Crippen molar-refractivity contribution < 1.29 is 27.1 Å². The Balaban J connectivity index is 2.23. The first-order chi connectivity index (χ1) is 12.2. The summed E-state index contributed by atoms with van der Waals surface area (Å²) >= 11 is 0. The number of alkyl halides is 4. The molecule has 26 heavy (non-hydrogen) atoms. The molecule has 0 amide bonds. The molecule has 2 aromatic rings. The van der Waals surface area contributed by atoms with Crippen LogP contribution in [0.3, 0.4) is 0 Å². The molecule has 9 heteroatoms. The number of benzene rings is 1. The van der Waals surface area contributed by atoms with E-state index in [1.807, 2.05) is 0 Å². The van der Waals surface area contributed by atoms with E-state index in [-0.39, 0.29) is 35.7 Å². The molecule has 138 valence electrons. The molecule has 5 nitrogen and oxygen atoms in total. The first kappa shape index (κ1) is 19.4. The summed E-state index contributed by atoms with van der Waals surface area (Å²) in [5.41, 5.74) is -1.03. The van der Waals surface area contributed by atoms with E-state index < -0.39 is 24.4 Å². The van der Waals surface area contributed by atoms with Gasteiger partial charge in [-0.15, -0.1) is 0 Å². The smallest absolute Gasteiger partial charge is 0.416 e. The van der Waals surface area contributed by atoms with Gasteiger partial charge in [-0.25, -0.2) is 18.9 Å². The number of carbonyl (C=O) groups excluding carboxylic acids is 1. The Bertz CT molecular complexity index is 828. The fraction of sp³-hybridized carbons (Fsp3) is 0.235. The van der Waals surface area contributed by atoms with E-state index in [1.54, 1.807) is 0 Å². The van der Waals surface area contributed by atoms with Gasteiger partial charge in [0.05, 0.1) is 17.7 Å². The second-order valence-electron chi connectivity index (χ2n) is 5.31. The molecule has 0 aliphatic rings. The number of hydrogen-bond acceptors (Lipinski definition) is 4. The zero-order valence-corrected chi connectivity index (χ0v) is 13.6. The molecule has 0 aliphatic carbocycles. The Kier molecular flexibility index (Phi) is 5.91. The van der Waals surface area contributed by atoms with Crippen molar-refractivity contribution in [3.8, 4) is 11.4 Å². The van der Waals surface area contributed by atoms with Crippen molar-refractivity contribution in [1.82, 2.24) is 14.8 Å². The Morgan fingerprint density at radius 1 is 1.31 bits per heavy atom. The number of carbonyl (C=O) groups is 1. The summed E-state index contributed by atoms with van der Waals surface area (Å²) in [6.07, 6.45) is -1.99. The zero-order chi connectivity index (χ0) is 19.3. The predicted octanol–water partition coefficient (Wildman–Crippen LogP) is 3.72. The molecule has 1 aromatic carbocycles. The van der Waals surface area contributed by atoms with Crippen LogP contribution in [-0.4, -0.2) is 27.3 Å². The zero-order valence-electron chi connectivity index (χ0n) is 13.6. The van der Waals surface area contributed by atoms with E-state index >= 15 is 0 Å². The Morgan fingerprint density at radius 2 is 2.04 bits per heavy atom. The molecule has 0 aliphatic heterocycles. The van der Waals surface area contributed by atoms with Gasteiger partial charge in [-0.05, 0) is 23.8 Å². The van der Waals surface area contributed by atoms with Gasteiger partial charge in [0.25, 0.3) is 0 Å². The van der Waals surface area contributed by atoms with Crippen LogP contribution in [0.1, 0.15) is 11.1 Å². The summed E-state index contributed by atoms with van der Waals surface area (Å²) < 4.78 is 57.7. The van der Waals surface area contributed by atoms with E-state index in [4.69, 9.17) is 4.74 Å². The second-order valence-corrected chi connectivity index (χ2v) is 5.31. The minimum absolute atomic E-state index is 0.0195. The Hall–Kier alpha value is -2.97. The molecule has 0 saturated carbocycles. The molecule has 0 spiro atoms. The average Bonchev–Trinajstić information content (AvgIpc) is 3.06. The van der Waals surface area contributed by atoms with E-state index in [1.165, 1.54) is 23.2 Å². The molecule has 0 radical (unpaired) electrons. The lowest BCUT2D eigenvalue weighted by molar-refractivity contribution is -0.138. The van der Waals surface area contributed by atoms with Crippen LogP contribution in [-0.2, 0) is 28.9 Å². The topological polar surface area (TPSA) is 57.0 Å². The molecule has 0 saturated heterocycles. The molecular formula is C17H15F4N3O2. The van der Waals surface area contributed by atoms with Gasteiger partial charge in [0.15, 0.2) is 5.82 Å². The maximum atomic E-state index is 12.9. The maximum Gasteiger partial charge on any atom is 0.416 e. The number of rotatable bonds is 7. The van der Waals surface area contributed by atoms with Crippen molar-refractivity contribution in [3.63, 3.8) is 0 Å². The van der Waals surface area contributed by atoms with Gasteiger partial charge in [0.2, 0.25) is 0 Å². The Morgan fingerprint density at radius 3 is 2.65 bits per heavy atom. The van der Waals surface area contributed by atoms with Gasteiger partial charge >= 0.3 is 12.1 Å². The van der Waals surface area contributed by atoms with Crippen LogP contribution in [0.4, 0.5) is 17.6 Å². The molecule has 0 bridgehead atoms. The van der Waals surface area contributed by atoms with E-state index in [0.29, 0.717) is 0 Å². The number of aromatic nitrogens is 3. The highest BCUT2D eigenvalue weighted by Crippen LogP contribution is 2.33. The van der Waals surface area contributed by atoms with Gasteiger partial charge in [-0.3, -0.25) is 0 Å². The highest BCUT2D eigenvalue weighted by atomic mass is 19.4. The van der Waals surface area contributed by atoms with Gasteiger partial charge in [-0.2, -0.15) is 18.3 Å². The number of nitrogens with zero attached hydrogens (tertiary/aromatic N) is 3. The first-order valence-electron chi connectivity index (χ1n) is 7.37. The molecule has 2 rings (SSSR count). The number of hydrogen-bond donors (Lipinski definition) is 0. The third-order valence-corrected chi connectivity index (χ3v) is 3.24. The summed E-state index contributed by atoms with van der Waals surface area (Å²) in [6, 6.07) is 2.81. The molecule has 0 fully saturated rings. The van der Waals surface area contributed by atoms with Crippen LogP contribution in [0.5, 0.6) is 0 Å². The summed E-state index contributed by atoms with van der Waals surface area (Å²) in [4.78, 5) is 15.5. The lowest BCUT2D eigenvalue weighted by atomic mass is 10.1. The quantitative estimate of drug-likeness (QED) is 0.323. The summed E-state index contributed by atoms with van der Waals surface area (Å²) in [7, 11) is 0. The molecule has 1 heterocycles. The lowest BCUT2D eigenvalue weighted by Crippen LogP contribution is -2.13. The van der Waals surface area contributed by atoms with Crippen LogP contribution < -0.4 is 0 Å². The standard InChI is InChI=1S/C17H15F4N3O2/c1-3-4-26-16(25)11(2)9-24-10-22-15(23-24)13-5-12(8-18)6-14(7-13)17(19,20)21/h3,5-7,10H,1-2,4,8-9H2. The monoisotopic (exact) mass is 369 g/mol. The van der Waals surface area contributed by atoms with Crippen LogP contribution in [0.2, 0.25) is 0 Å². The van der Waals surface area contributed by atoms with Crippen LogP contribution in [0.15, 0.2) is 49.3 Å². The highest BCUT2D eigenvalue weighted by Gasteiger charge is 2.31. The summed E-state index contributed by atoms with van der Waals surface area (Å²) in [5.74, 6) is -0.682. The van der Waals surface area contributed by atoms with Crippen molar-refractivity contribution in [3.05, 3.63) is 60.5 Å². The highest BCUT2D eigenvalue weighted by molar-refractivity contribution is 5.87. The third kappa shape index (κ3) is 4.78. The van der Waals surface area contributed by atoms with Gasteiger partial charge in [0.1, 0.15) is 19.6 Å². The molecule has 1 aromatic heterocycles. The maximum absolute atomic E-state index is 12.9. The fourth-order valence-corrected chi connectivity index (χ4v) is 2.06. The third-order valence-electron chi connectivity index (χ3n) is 3.24. The molecule has 0 atom stereocenters. The summed E-state index contributed by atoms with van der Waals surface area (Å²) in [6.45, 7) is 5.89. The van der Waals surface area contributed by atoms with Crippen molar-refractivity contribution in [2.24, 2.45) is 0 Å². The van der Waals surface area contributed by atoms with Crippen LogP contribution >= 0.6 is 0 Å². The van der Waals surface area contributed by atoms with Gasteiger partial charge in [-0.1, -0.05) is 19.2 Å². The summed E-state index contributed by atoms with van der Waals surface area (Å²) in [5, 5.41) is 4.01. The van der Waals surface area contributed by atoms with Crippen LogP contribution in [0, 0.1) is 0 Å². The van der Waals surface area contributed by atoms with Gasteiger partial charge < -0.3 is 4.74 Å². The van der Waals surface area contributed by atoms with Gasteiger partial charge in [0, 0.05) is 5.56 Å². The largest absolute Gasteiger partial charge is 0.458 e. The molecule has 0 N–H and O–H groups in total. The van der Waals surface area contributed by atoms with Crippen molar-refractivity contribution in [2.75, 3.05) is 6.61 Å². The van der Waals surface area contributed by atoms with E-state index in [9.17, 15) is 22.4 Å².